The number of ether oxygens (including phenoxy) is 1. The van der Waals surface area contributed by atoms with Crippen LogP contribution in [0.15, 0.2) is 42.7 Å². The van der Waals surface area contributed by atoms with E-state index in [4.69, 9.17) is 4.74 Å². The van der Waals surface area contributed by atoms with Crippen molar-refractivity contribution >= 4 is 0 Å². The van der Waals surface area contributed by atoms with Crippen LogP contribution in [0, 0.1) is 0 Å². The van der Waals surface area contributed by atoms with E-state index >= 15 is 0 Å². The second-order valence-corrected chi connectivity index (χ2v) is 2.88. The zero-order valence-electron chi connectivity index (χ0n) is 7.91. The number of hydrogen-bond acceptors (Lipinski definition) is 2. The molecule has 0 N–H and O–H groups in total. The molecule has 14 heavy (non-hydrogen) atoms. The molecule has 0 aliphatic rings. The predicted molar refractivity (Wildman–Crippen MR) is 52.5 cm³/mol. The van der Waals surface area contributed by atoms with Gasteiger partial charge in [-0.3, -0.25) is 4.94 Å². The van der Waals surface area contributed by atoms with Crippen molar-refractivity contribution in [1.82, 2.24) is 0 Å². The molecule has 3 heteroatoms. The van der Waals surface area contributed by atoms with Crippen LogP contribution in [0.2, 0.25) is 0 Å². The highest BCUT2D eigenvalue weighted by Gasteiger charge is 1.96. The van der Waals surface area contributed by atoms with Crippen molar-refractivity contribution in [2.45, 2.75) is 12.8 Å². The average molecular weight is 196 g/mol. The van der Waals surface area contributed by atoms with Gasteiger partial charge in [0.1, 0.15) is 11.5 Å². The Bertz CT molecular complexity index is 272. The van der Waals surface area contributed by atoms with Gasteiger partial charge in [0.05, 0.1) is 6.61 Å². The van der Waals surface area contributed by atoms with Crippen LogP contribution < -0.4 is 4.74 Å². The zero-order valence-corrected chi connectivity index (χ0v) is 7.91. The Morgan fingerprint density at radius 2 is 2.00 bits per heavy atom. The van der Waals surface area contributed by atoms with Gasteiger partial charge in [0.2, 0.25) is 0 Å². The molecule has 0 fully saturated rings. The number of benzene rings is 1. The summed E-state index contributed by atoms with van der Waals surface area (Å²) >= 11 is 0. The van der Waals surface area contributed by atoms with Crippen molar-refractivity contribution < 1.29 is 14.2 Å². The number of halogens is 1. The van der Waals surface area contributed by atoms with Crippen LogP contribution in [0.3, 0.4) is 0 Å². The molecular weight excluding hydrogens is 183 g/mol. The van der Waals surface area contributed by atoms with E-state index in [-0.39, 0.29) is 5.76 Å². The lowest BCUT2D eigenvalue weighted by molar-refractivity contribution is -0.0865. The third-order valence-corrected chi connectivity index (χ3v) is 1.72. The summed E-state index contributed by atoms with van der Waals surface area (Å²) in [6.45, 7) is 3.90. The molecule has 0 spiro atoms. The van der Waals surface area contributed by atoms with Gasteiger partial charge in [-0.05, 0) is 18.6 Å². The fourth-order valence-corrected chi connectivity index (χ4v) is 1.01. The minimum atomic E-state index is 0.140. The van der Waals surface area contributed by atoms with Crippen LogP contribution in [-0.2, 0) is 4.94 Å². The van der Waals surface area contributed by atoms with Gasteiger partial charge in [-0.15, -0.1) is 0 Å². The van der Waals surface area contributed by atoms with E-state index in [1.165, 1.54) is 0 Å². The lowest BCUT2D eigenvalue weighted by atomic mass is 10.3. The van der Waals surface area contributed by atoms with E-state index < -0.39 is 0 Å². The summed E-state index contributed by atoms with van der Waals surface area (Å²) in [6, 6.07) is 9.48. The van der Waals surface area contributed by atoms with E-state index in [9.17, 15) is 4.53 Å². The van der Waals surface area contributed by atoms with Gasteiger partial charge in [-0.2, -0.15) is 0 Å². The highest BCUT2D eigenvalue weighted by Crippen LogP contribution is 2.10. The summed E-state index contributed by atoms with van der Waals surface area (Å²) in [7, 11) is 0. The summed E-state index contributed by atoms with van der Waals surface area (Å²) in [5, 5.41) is 0. The lowest BCUT2D eigenvalue weighted by Gasteiger charge is -2.04. The molecule has 0 unspecified atom stereocenters. The van der Waals surface area contributed by atoms with E-state index in [0.717, 1.165) is 5.75 Å². The van der Waals surface area contributed by atoms with Crippen molar-refractivity contribution in [1.29, 1.82) is 0 Å². The smallest absolute Gasteiger partial charge is 0.141 e. The standard InChI is InChI=1S/C11H13FO2/c1-10(14-12)6-5-9-13-11-7-3-2-4-8-11/h2-4,7-8H,1,5-6,9H2. The SMILES string of the molecule is C=C(CCCOc1ccccc1)OF. The Kier molecular flexibility index (Phi) is 4.55. The topological polar surface area (TPSA) is 18.5 Å². The summed E-state index contributed by atoms with van der Waals surface area (Å²) in [5.41, 5.74) is 0. The van der Waals surface area contributed by atoms with E-state index in [2.05, 4.69) is 11.5 Å². The first-order valence-corrected chi connectivity index (χ1v) is 4.47. The third kappa shape index (κ3) is 3.94. The van der Waals surface area contributed by atoms with E-state index in [0.29, 0.717) is 19.4 Å². The molecule has 0 bridgehead atoms. The molecule has 0 aliphatic carbocycles. The molecule has 0 saturated carbocycles. The third-order valence-electron chi connectivity index (χ3n) is 1.72. The Labute approximate surface area is 82.9 Å². The molecule has 0 saturated heterocycles. The molecule has 0 atom stereocenters. The molecule has 1 rings (SSSR count). The van der Waals surface area contributed by atoms with Crippen LogP contribution in [0.5, 0.6) is 5.75 Å². The quantitative estimate of drug-likeness (QED) is 0.513. The summed E-state index contributed by atoms with van der Waals surface area (Å²) in [5.74, 6) is 0.959. The first kappa shape index (κ1) is 10.6. The summed E-state index contributed by atoms with van der Waals surface area (Å²) in [4.78, 5) is 3.45. The Morgan fingerprint density at radius 3 is 2.64 bits per heavy atom. The predicted octanol–water partition coefficient (Wildman–Crippen LogP) is 3.26. The first-order chi connectivity index (χ1) is 6.83. The molecule has 0 aliphatic heterocycles. The van der Waals surface area contributed by atoms with Crippen molar-refractivity contribution in [3.05, 3.63) is 42.7 Å². The average Bonchev–Trinajstić information content (AvgIpc) is 2.25. The minimum Gasteiger partial charge on any atom is -0.494 e. The van der Waals surface area contributed by atoms with Gasteiger partial charge in [0, 0.05) is 10.9 Å². The Morgan fingerprint density at radius 1 is 1.29 bits per heavy atom. The van der Waals surface area contributed by atoms with Crippen LogP contribution >= 0.6 is 0 Å². The number of allylic oxidation sites excluding steroid dienone is 1. The lowest BCUT2D eigenvalue weighted by Crippen LogP contribution is -1.97. The molecule has 76 valence electrons. The second kappa shape index (κ2) is 6.02. The molecule has 1 aromatic rings. The van der Waals surface area contributed by atoms with Gasteiger partial charge in [0.25, 0.3) is 0 Å². The molecular formula is C11H13FO2. The molecule has 0 heterocycles. The Hall–Kier alpha value is -1.51. The second-order valence-electron chi connectivity index (χ2n) is 2.88. The zero-order chi connectivity index (χ0) is 10.2. The monoisotopic (exact) mass is 196 g/mol. The molecule has 0 amide bonds. The first-order valence-electron chi connectivity index (χ1n) is 4.47. The van der Waals surface area contributed by atoms with Crippen molar-refractivity contribution in [2.24, 2.45) is 0 Å². The van der Waals surface area contributed by atoms with Gasteiger partial charge in [-0.1, -0.05) is 24.8 Å². The molecule has 2 nitrogen and oxygen atoms in total. The van der Waals surface area contributed by atoms with Crippen molar-refractivity contribution in [3.8, 4) is 5.75 Å². The molecule has 1 aromatic carbocycles. The van der Waals surface area contributed by atoms with Gasteiger partial charge in [-0.25, -0.2) is 0 Å². The number of para-hydroxylation sites is 1. The maximum absolute atomic E-state index is 11.5. The van der Waals surface area contributed by atoms with Crippen LogP contribution in [0.1, 0.15) is 12.8 Å². The fourth-order valence-electron chi connectivity index (χ4n) is 1.01. The number of hydrogen-bond donors (Lipinski definition) is 0. The highest BCUT2D eigenvalue weighted by molar-refractivity contribution is 5.20. The number of rotatable bonds is 6. The van der Waals surface area contributed by atoms with Crippen LogP contribution in [0.4, 0.5) is 4.53 Å². The summed E-state index contributed by atoms with van der Waals surface area (Å²) in [6.07, 6.45) is 1.17. The fraction of sp³-hybridized carbons (Fsp3) is 0.273. The maximum atomic E-state index is 11.5. The van der Waals surface area contributed by atoms with Crippen LogP contribution in [-0.4, -0.2) is 6.61 Å². The minimum absolute atomic E-state index is 0.140. The van der Waals surface area contributed by atoms with Gasteiger partial charge in [0.15, 0.2) is 0 Å². The Balaban J connectivity index is 2.13. The van der Waals surface area contributed by atoms with E-state index in [1.807, 2.05) is 30.3 Å². The molecule has 0 radical (unpaired) electrons. The van der Waals surface area contributed by atoms with Gasteiger partial charge >= 0.3 is 0 Å². The van der Waals surface area contributed by atoms with Crippen LogP contribution in [0.25, 0.3) is 0 Å². The maximum Gasteiger partial charge on any atom is 0.141 e. The normalized spacial score (nSPS) is 9.50. The largest absolute Gasteiger partial charge is 0.494 e. The highest BCUT2D eigenvalue weighted by atomic mass is 19.3. The molecule has 0 aromatic heterocycles. The van der Waals surface area contributed by atoms with Crippen molar-refractivity contribution in [2.75, 3.05) is 6.61 Å². The van der Waals surface area contributed by atoms with E-state index in [1.54, 1.807) is 0 Å². The summed E-state index contributed by atoms with van der Waals surface area (Å²) < 4.78 is 16.9. The van der Waals surface area contributed by atoms with Crippen molar-refractivity contribution in [3.63, 3.8) is 0 Å². The van der Waals surface area contributed by atoms with Gasteiger partial charge < -0.3 is 4.74 Å².